The number of carbonyl (C=O) groups is 2. The minimum Gasteiger partial charge on any atom is -0.507 e. The van der Waals surface area contributed by atoms with E-state index in [1.165, 1.54) is 5.56 Å². The molecule has 176 valence electrons. The second-order valence-electron chi connectivity index (χ2n) is 8.99. The highest BCUT2D eigenvalue weighted by Gasteiger charge is 2.45. The predicted molar refractivity (Wildman–Crippen MR) is 130 cm³/mol. The zero-order valence-electron chi connectivity index (χ0n) is 20.2. The molecule has 2 aromatic carbocycles. The molecule has 0 unspecified atom stereocenters. The molecule has 1 heterocycles. The second kappa shape index (κ2) is 10.7. The van der Waals surface area contributed by atoms with Crippen molar-refractivity contribution in [2.24, 2.45) is 0 Å². The van der Waals surface area contributed by atoms with Gasteiger partial charge in [-0.3, -0.25) is 9.59 Å². The molecular formula is C27H34N2O4. The van der Waals surface area contributed by atoms with Gasteiger partial charge in [-0.15, -0.1) is 0 Å². The van der Waals surface area contributed by atoms with E-state index in [4.69, 9.17) is 4.74 Å². The molecular weight excluding hydrogens is 416 g/mol. The van der Waals surface area contributed by atoms with Crippen molar-refractivity contribution in [1.82, 2.24) is 9.80 Å². The molecule has 1 atom stereocenters. The van der Waals surface area contributed by atoms with Crippen molar-refractivity contribution in [3.63, 3.8) is 0 Å². The van der Waals surface area contributed by atoms with E-state index >= 15 is 0 Å². The highest BCUT2D eigenvalue weighted by atomic mass is 16.5. The number of hydrogen-bond acceptors (Lipinski definition) is 5. The van der Waals surface area contributed by atoms with Crippen LogP contribution in [0, 0.1) is 0 Å². The summed E-state index contributed by atoms with van der Waals surface area (Å²) in [6.45, 7) is 7.86. The first-order chi connectivity index (χ1) is 15.7. The fourth-order valence-corrected chi connectivity index (χ4v) is 3.91. The summed E-state index contributed by atoms with van der Waals surface area (Å²) in [5.74, 6) is -0.344. The second-order valence-corrected chi connectivity index (χ2v) is 8.99. The quantitative estimate of drug-likeness (QED) is 0.344. The molecule has 1 aliphatic heterocycles. The first kappa shape index (κ1) is 24.5. The van der Waals surface area contributed by atoms with Gasteiger partial charge in [-0.1, -0.05) is 45.0 Å². The number of hydrogen-bond donors (Lipinski definition) is 1. The average Bonchev–Trinajstić information content (AvgIpc) is 3.06. The summed E-state index contributed by atoms with van der Waals surface area (Å²) in [5.41, 5.74) is 2.58. The summed E-state index contributed by atoms with van der Waals surface area (Å²) in [4.78, 5) is 29.6. The summed E-state index contributed by atoms with van der Waals surface area (Å²) >= 11 is 0. The topological polar surface area (TPSA) is 70.1 Å². The van der Waals surface area contributed by atoms with E-state index < -0.39 is 17.7 Å². The lowest BCUT2D eigenvalue weighted by Gasteiger charge is -2.27. The van der Waals surface area contributed by atoms with Crippen molar-refractivity contribution in [1.29, 1.82) is 0 Å². The third kappa shape index (κ3) is 5.45. The Hall–Kier alpha value is -3.12. The summed E-state index contributed by atoms with van der Waals surface area (Å²) in [6.07, 6.45) is 0.897. The van der Waals surface area contributed by atoms with E-state index in [2.05, 4.69) is 13.8 Å². The molecule has 1 aliphatic rings. The highest BCUT2D eigenvalue weighted by Crippen LogP contribution is 2.39. The average molecular weight is 451 g/mol. The zero-order valence-corrected chi connectivity index (χ0v) is 20.2. The fraction of sp³-hybridized carbons (Fsp3) is 0.407. The van der Waals surface area contributed by atoms with E-state index in [-0.39, 0.29) is 11.3 Å². The largest absolute Gasteiger partial charge is 0.507 e. The van der Waals surface area contributed by atoms with Crippen LogP contribution in [0.1, 0.15) is 55.8 Å². The van der Waals surface area contributed by atoms with Crippen molar-refractivity contribution in [2.45, 2.75) is 39.2 Å². The molecule has 1 N–H and O–H groups in total. The van der Waals surface area contributed by atoms with Gasteiger partial charge < -0.3 is 19.6 Å². The Bertz CT molecular complexity index is 1010. The predicted octanol–water partition coefficient (Wildman–Crippen LogP) is 4.58. The van der Waals surface area contributed by atoms with Crippen molar-refractivity contribution >= 4 is 17.4 Å². The molecule has 0 saturated carbocycles. The number of carbonyl (C=O) groups excluding carboxylic acids is 2. The molecule has 3 rings (SSSR count). The minimum atomic E-state index is -0.657. The number of aliphatic hydroxyl groups excluding tert-OH is 1. The number of likely N-dealkylation sites (tertiary alicyclic amines) is 1. The number of ether oxygens (including phenoxy) is 1. The van der Waals surface area contributed by atoms with Crippen LogP contribution in [-0.2, 0) is 9.59 Å². The first-order valence-electron chi connectivity index (χ1n) is 11.5. The number of rotatable bonds is 9. The Morgan fingerprint density at radius 1 is 1.06 bits per heavy atom. The molecule has 0 radical (unpaired) electrons. The maximum atomic E-state index is 13.1. The summed E-state index contributed by atoms with van der Waals surface area (Å²) < 4.78 is 5.61. The SMILES string of the molecule is CCCOc1ccc(/C(O)=C2\C(=O)C(=O)N(CCN(C)C)[C@H]2c2ccc(C(C)C)cc2)cc1. The minimum absolute atomic E-state index is 0.123. The fourth-order valence-electron chi connectivity index (χ4n) is 3.91. The van der Waals surface area contributed by atoms with Crippen LogP contribution < -0.4 is 4.74 Å². The van der Waals surface area contributed by atoms with Crippen molar-refractivity contribution in [3.05, 3.63) is 70.8 Å². The Balaban J connectivity index is 2.05. The molecule has 0 aromatic heterocycles. The maximum Gasteiger partial charge on any atom is 0.295 e. The van der Waals surface area contributed by atoms with Crippen molar-refractivity contribution in [2.75, 3.05) is 33.8 Å². The van der Waals surface area contributed by atoms with Crippen LogP contribution in [0.25, 0.3) is 5.76 Å². The van der Waals surface area contributed by atoms with E-state index in [1.807, 2.05) is 50.2 Å². The Morgan fingerprint density at radius 3 is 2.24 bits per heavy atom. The standard InChI is InChI=1S/C27H34N2O4/c1-6-17-33-22-13-11-21(12-14-22)25(30)23-24(20-9-7-19(8-10-20)18(2)3)29(16-15-28(4)5)27(32)26(23)31/h7-14,18,24,30H,6,15-17H2,1-5H3/b25-23+/t24-/m0/s1. The van der Waals surface area contributed by atoms with Crippen LogP contribution >= 0.6 is 0 Å². The summed E-state index contributed by atoms with van der Waals surface area (Å²) in [5, 5.41) is 11.2. The zero-order chi connectivity index (χ0) is 24.1. The van der Waals surface area contributed by atoms with Crippen molar-refractivity contribution in [3.8, 4) is 5.75 Å². The third-order valence-electron chi connectivity index (χ3n) is 5.85. The van der Waals surface area contributed by atoms with E-state index in [1.54, 1.807) is 29.2 Å². The van der Waals surface area contributed by atoms with Crippen LogP contribution in [0.15, 0.2) is 54.1 Å². The number of Topliss-reactive ketones (excluding diaryl/α,β-unsaturated/α-hetero) is 1. The molecule has 6 nitrogen and oxygen atoms in total. The molecule has 2 aromatic rings. The molecule has 0 aliphatic carbocycles. The lowest BCUT2D eigenvalue weighted by molar-refractivity contribution is -0.140. The Labute approximate surface area is 196 Å². The number of nitrogens with zero attached hydrogens (tertiary/aromatic N) is 2. The van der Waals surface area contributed by atoms with Crippen LogP contribution in [-0.4, -0.2) is 60.4 Å². The van der Waals surface area contributed by atoms with Gasteiger partial charge in [0.25, 0.3) is 11.7 Å². The van der Waals surface area contributed by atoms with Gasteiger partial charge >= 0.3 is 0 Å². The van der Waals surface area contributed by atoms with Gasteiger partial charge in [0.1, 0.15) is 11.5 Å². The lowest BCUT2D eigenvalue weighted by atomic mass is 9.93. The molecule has 0 bridgehead atoms. The molecule has 0 spiro atoms. The molecule has 1 saturated heterocycles. The Kier molecular flexibility index (Phi) is 7.92. The molecule has 33 heavy (non-hydrogen) atoms. The number of benzene rings is 2. The highest BCUT2D eigenvalue weighted by molar-refractivity contribution is 6.46. The van der Waals surface area contributed by atoms with E-state index in [0.717, 1.165) is 12.0 Å². The van der Waals surface area contributed by atoms with E-state index in [9.17, 15) is 14.7 Å². The van der Waals surface area contributed by atoms with Crippen LogP contribution in [0.3, 0.4) is 0 Å². The lowest BCUT2D eigenvalue weighted by Crippen LogP contribution is -2.35. The van der Waals surface area contributed by atoms with Crippen LogP contribution in [0.5, 0.6) is 5.75 Å². The van der Waals surface area contributed by atoms with Crippen LogP contribution in [0.4, 0.5) is 0 Å². The number of ketones is 1. The van der Waals surface area contributed by atoms with Gasteiger partial charge in [-0.2, -0.15) is 0 Å². The summed E-state index contributed by atoms with van der Waals surface area (Å²) in [6, 6.07) is 14.3. The number of likely N-dealkylation sites (N-methyl/N-ethyl adjacent to an activating group) is 1. The van der Waals surface area contributed by atoms with Gasteiger partial charge in [0, 0.05) is 18.7 Å². The number of aliphatic hydroxyl groups is 1. The van der Waals surface area contributed by atoms with Crippen molar-refractivity contribution < 1.29 is 19.4 Å². The van der Waals surface area contributed by atoms with Gasteiger partial charge in [0.2, 0.25) is 0 Å². The maximum absolute atomic E-state index is 13.1. The van der Waals surface area contributed by atoms with Gasteiger partial charge in [-0.25, -0.2) is 0 Å². The number of amides is 1. The van der Waals surface area contributed by atoms with Crippen LogP contribution in [0.2, 0.25) is 0 Å². The third-order valence-corrected chi connectivity index (χ3v) is 5.85. The first-order valence-corrected chi connectivity index (χ1v) is 11.5. The normalized spacial score (nSPS) is 17.9. The van der Waals surface area contributed by atoms with Gasteiger partial charge in [0.15, 0.2) is 0 Å². The Morgan fingerprint density at radius 2 is 1.70 bits per heavy atom. The smallest absolute Gasteiger partial charge is 0.295 e. The molecule has 1 amide bonds. The molecule has 1 fully saturated rings. The monoisotopic (exact) mass is 450 g/mol. The molecule has 6 heteroatoms. The van der Waals surface area contributed by atoms with Gasteiger partial charge in [0.05, 0.1) is 18.2 Å². The van der Waals surface area contributed by atoms with Gasteiger partial charge in [-0.05, 0) is 61.8 Å². The summed E-state index contributed by atoms with van der Waals surface area (Å²) in [7, 11) is 3.84. The van der Waals surface area contributed by atoms with E-state index in [0.29, 0.717) is 36.9 Å².